The maximum Gasteiger partial charge on any atom is 0.343 e. The molecule has 0 aliphatic heterocycles. The lowest BCUT2D eigenvalue weighted by Gasteiger charge is -2.08. The van der Waals surface area contributed by atoms with Crippen molar-refractivity contribution >= 4 is 17.6 Å². The van der Waals surface area contributed by atoms with Gasteiger partial charge < -0.3 is 4.74 Å². The molecule has 4 rings (SSSR count). The van der Waals surface area contributed by atoms with Crippen LogP contribution in [0.4, 0.5) is 0 Å². The maximum absolute atomic E-state index is 12.2. The van der Waals surface area contributed by atoms with E-state index in [2.05, 4.69) is 10.3 Å². The lowest BCUT2D eigenvalue weighted by atomic mass is 10.1. The van der Waals surface area contributed by atoms with Gasteiger partial charge in [-0.3, -0.25) is 0 Å². The van der Waals surface area contributed by atoms with Crippen molar-refractivity contribution in [2.24, 2.45) is 0 Å². The lowest BCUT2D eigenvalue weighted by molar-refractivity contribution is 0.0735. The van der Waals surface area contributed by atoms with Crippen LogP contribution in [0.5, 0.6) is 5.75 Å². The number of esters is 1. The molecule has 0 unspecified atom stereocenters. The molecule has 0 bridgehead atoms. The topological polar surface area (TPSA) is 57.0 Å². The number of benzene rings is 3. The number of halogens is 1. The summed E-state index contributed by atoms with van der Waals surface area (Å²) < 4.78 is 7.14. The Bertz CT molecular complexity index is 1060. The fourth-order valence-electron chi connectivity index (χ4n) is 2.64. The molecule has 0 radical (unpaired) electrons. The van der Waals surface area contributed by atoms with Crippen LogP contribution >= 0.6 is 11.6 Å². The van der Waals surface area contributed by atoms with E-state index in [0.717, 1.165) is 16.9 Å². The van der Waals surface area contributed by atoms with Crippen molar-refractivity contribution in [3.63, 3.8) is 0 Å². The molecule has 0 aliphatic rings. The molecule has 6 heteroatoms. The summed E-state index contributed by atoms with van der Waals surface area (Å²) in [6.07, 6.45) is 1.71. The molecule has 5 nitrogen and oxygen atoms in total. The monoisotopic (exact) mass is 375 g/mol. The average Bonchev–Trinajstić information content (AvgIpc) is 3.19. The Morgan fingerprint density at radius 1 is 0.889 bits per heavy atom. The third-order valence-corrected chi connectivity index (χ3v) is 4.24. The second kappa shape index (κ2) is 7.43. The van der Waals surface area contributed by atoms with Crippen LogP contribution < -0.4 is 4.74 Å². The highest BCUT2D eigenvalue weighted by Crippen LogP contribution is 2.23. The van der Waals surface area contributed by atoms with E-state index >= 15 is 0 Å². The number of carbonyl (C=O) groups excluding carboxylic acids is 1. The van der Waals surface area contributed by atoms with E-state index in [1.807, 2.05) is 42.5 Å². The number of carbonyl (C=O) groups is 1. The molecule has 3 aromatic carbocycles. The molecule has 1 aromatic heterocycles. The van der Waals surface area contributed by atoms with E-state index in [9.17, 15) is 4.79 Å². The van der Waals surface area contributed by atoms with Gasteiger partial charge in [-0.05, 0) is 48.5 Å². The van der Waals surface area contributed by atoms with Gasteiger partial charge >= 0.3 is 5.97 Å². The first kappa shape index (κ1) is 17.0. The van der Waals surface area contributed by atoms with Crippen molar-refractivity contribution in [3.8, 4) is 22.7 Å². The summed E-state index contributed by atoms with van der Waals surface area (Å²) in [5.41, 5.74) is 3.14. The first-order valence-corrected chi connectivity index (χ1v) is 8.63. The zero-order valence-corrected chi connectivity index (χ0v) is 14.9. The van der Waals surface area contributed by atoms with Gasteiger partial charge in [0.1, 0.15) is 5.75 Å². The fraction of sp³-hybridized carbons (Fsp3) is 0. The molecule has 0 spiro atoms. The van der Waals surface area contributed by atoms with Crippen molar-refractivity contribution in [1.82, 2.24) is 15.0 Å². The van der Waals surface area contributed by atoms with Crippen LogP contribution in [0.15, 0.2) is 85.1 Å². The molecule has 0 atom stereocenters. The number of hydrogen-bond donors (Lipinski definition) is 0. The van der Waals surface area contributed by atoms with Crippen molar-refractivity contribution in [2.45, 2.75) is 0 Å². The van der Waals surface area contributed by atoms with E-state index in [4.69, 9.17) is 16.3 Å². The van der Waals surface area contributed by atoms with Gasteiger partial charge in [0, 0.05) is 10.6 Å². The molecule has 0 saturated carbocycles. The quantitative estimate of drug-likeness (QED) is 0.379. The standard InChI is InChI=1S/C21H14ClN3O2/c22-17-8-6-16(7-9-17)21(26)27-19-12-10-18(11-13-19)25-20(14-23-24-25)15-4-2-1-3-5-15/h1-14H. The molecule has 0 saturated heterocycles. The number of rotatable bonds is 4. The van der Waals surface area contributed by atoms with Gasteiger partial charge in [-0.2, -0.15) is 0 Å². The number of hydrogen-bond acceptors (Lipinski definition) is 4. The van der Waals surface area contributed by atoms with Gasteiger partial charge in [0.25, 0.3) is 0 Å². The smallest absolute Gasteiger partial charge is 0.343 e. The van der Waals surface area contributed by atoms with Gasteiger partial charge in [-0.25, -0.2) is 9.48 Å². The Morgan fingerprint density at radius 3 is 2.30 bits per heavy atom. The van der Waals surface area contributed by atoms with Gasteiger partial charge in [-0.1, -0.05) is 47.1 Å². The molecule has 27 heavy (non-hydrogen) atoms. The van der Waals surface area contributed by atoms with Gasteiger partial charge in [-0.15, -0.1) is 5.10 Å². The Labute approximate surface area is 160 Å². The highest BCUT2D eigenvalue weighted by Gasteiger charge is 2.11. The third kappa shape index (κ3) is 3.73. The van der Waals surface area contributed by atoms with Crippen LogP contribution in [-0.2, 0) is 0 Å². The summed E-state index contributed by atoms with van der Waals surface area (Å²) in [4.78, 5) is 12.2. The van der Waals surface area contributed by atoms with Crippen molar-refractivity contribution < 1.29 is 9.53 Å². The predicted molar refractivity (Wildman–Crippen MR) is 103 cm³/mol. The first-order chi connectivity index (χ1) is 13.2. The fourth-order valence-corrected chi connectivity index (χ4v) is 2.76. The molecule has 132 valence electrons. The van der Waals surface area contributed by atoms with Crippen LogP contribution in [0.25, 0.3) is 16.9 Å². The van der Waals surface area contributed by atoms with E-state index in [1.54, 1.807) is 47.3 Å². The molecule has 0 aliphatic carbocycles. The van der Waals surface area contributed by atoms with E-state index in [-0.39, 0.29) is 0 Å². The van der Waals surface area contributed by atoms with Crippen molar-refractivity contribution in [2.75, 3.05) is 0 Å². The Hall–Kier alpha value is -3.44. The minimum atomic E-state index is -0.440. The number of ether oxygens (including phenoxy) is 1. The minimum absolute atomic E-state index is 0.436. The SMILES string of the molecule is O=C(Oc1ccc(-n2nncc2-c2ccccc2)cc1)c1ccc(Cl)cc1. The third-order valence-electron chi connectivity index (χ3n) is 3.99. The Kier molecular flexibility index (Phi) is 4.68. The molecular weight excluding hydrogens is 362 g/mol. The summed E-state index contributed by atoms with van der Waals surface area (Å²) in [6.45, 7) is 0. The highest BCUT2D eigenvalue weighted by atomic mass is 35.5. The zero-order valence-electron chi connectivity index (χ0n) is 14.1. The summed E-state index contributed by atoms with van der Waals surface area (Å²) >= 11 is 5.83. The van der Waals surface area contributed by atoms with Crippen LogP contribution in [0, 0.1) is 0 Å². The number of nitrogens with zero attached hydrogens (tertiary/aromatic N) is 3. The van der Waals surface area contributed by atoms with Crippen LogP contribution in [0.2, 0.25) is 5.02 Å². The Morgan fingerprint density at radius 2 is 1.59 bits per heavy atom. The predicted octanol–water partition coefficient (Wildman–Crippen LogP) is 4.81. The van der Waals surface area contributed by atoms with Crippen molar-refractivity contribution in [1.29, 1.82) is 0 Å². The highest BCUT2D eigenvalue weighted by molar-refractivity contribution is 6.30. The van der Waals surface area contributed by atoms with Crippen LogP contribution in [0.1, 0.15) is 10.4 Å². The molecule has 0 fully saturated rings. The second-order valence-corrected chi connectivity index (χ2v) is 6.22. The summed E-state index contributed by atoms with van der Waals surface area (Å²) in [6, 6.07) is 23.5. The van der Waals surface area contributed by atoms with E-state index in [0.29, 0.717) is 16.3 Å². The Balaban J connectivity index is 1.54. The molecule has 1 heterocycles. The zero-order chi connectivity index (χ0) is 18.6. The number of aromatic nitrogens is 3. The van der Waals surface area contributed by atoms with E-state index in [1.165, 1.54) is 0 Å². The van der Waals surface area contributed by atoms with E-state index < -0.39 is 5.97 Å². The first-order valence-electron chi connectivity index (χ1n) is 8.25. The summed E-state index contributed by atoms with van der Waals surface area (Å²) in [5, 5.41) is 8.73. The molecule has 4 aromatic rings. The van der Waals surface area contributed by atoms with Gasteiger partial charge in [0.15, 0.2) is 0 Å². The maximum atomic E-state index is 12.2. The average molecular weight is 376 g/mol. The van der Waals surface area contributed by atoms with Crippen LogP contribution in [0.3, 0.4) is 0 Å². The largest absolute Gasteiger partial charge is 0.423 e. The van der Waals surface area contributed by atoms with Crippen molar-refractivity contribution in [3.05, 3.63) is 95.6 Å². The van der Waals surface area contributed by atoms with Gasteiger partial charge in [0.05, 0.1) is 23.1 Å². The normalized spacial score (nSPS) is 10.6. The second-order valence-electron chi connectivity index (χ2n) is 5.79. The summed E-state index contributed by atoms with van der Waals surface area (Å²) in [7, 11) is 0. The van der Waals surface area contributed by atoms with Gasteiger partial charge in [0.2, 0.25) is 0 Å². The minimum Gasteiger partial charge on any atom is -0.423 e. The summed E-state index contributed by atoms with van der Waals surface area (Å²) in [5.74, 6) is 0.00484. The molecular formula is C21H14ClN3O2. The lowest BCUT2D eigenvalue weighted by Crippen LogP contribution is -2.08. The van der Waals surface area contributed by atoms with Crippen LogP contribution in [-0.4, -0.2) is 21.0 Å². The molecule has 0 N–H and O–H groups in total. The molecule has 0 amide bonds.